The molecule has 11 heteroatoms. The molecule has 1 N–H and O–H groups in total. The Hall–Kier alpha value is -3.08. The molecule has 0 aliphatic carbocycles. The van der Waals surface area contributed by atoms with Crippen molar-refractivity contribution < 1.29 is 14.2 Å². The SMILES string of the molecule is COc1ccc2c(n1)sc1c(=O)n(CCCCN3CC[C@H]4c5c(OC)cccc5OC[C@@H]4C3)c(=O)[nH]c12.Cl. The molecule has 9 nitrogen and oxygen atoms in total. The van der Waals surface area contributed by atoms with Crippen molar-refractivity contribution in [2.45, 2.75) is 31.7 Å². The summed E-state index contributed by atoms with van der Waals surface area (Å²) < 4.78 is 18.7. The van der Waals surface area contributed by atoms with Crippen LogP contribution in [0.5, 0.6) is 17.4 Å². The van der Waals surface area contributed by atoms with E-state index in [1.807, 2.05) is 24.3 Å². The Kier molecular flexibility index (Phi) is 7.65. The van der Waals surface area contributed by atoms with Crippen LogP contribution in [0.3, 0.4) is 0 Å². The summed E-state index contributed by atoms with van der Waals surface area (Å²) in [6.45, 7) is 4.05. The first kappa shape index (κ1) is 26.5. The molecule has 1 fully saturated rings. The molecule has 4 aromatic rings. The van der Waals surface area contributed by atoms with Crippen LogP contribution in [0.2, 0.25) is 0 Å². The zero-order valence-electron chi connectivity index (χ0n) is 21.4. The van der Waals surface area contributed by atoms with Crippen LogP contribution >= 0.6 is 23.7 Å². The lowest BCUT2D eigenvalue weighted by molar-refractivity contribution is 0.0902. The number of pyridine rings is 1. The van der Waals surface area contributed by atoms with Crippen LogP contribution in [0, 0.1) is 5.92 Å². The van der Waals surface area contributed by atoms with Crippen LogP contribution < -0.4 is 25.5 Å². The summed E-state index contributed by atoms with van der Waals surface area (Å²) in [6, 6.07) is 9.60. The third kappa shape index (κ3) is 4.65. The van der Waals surface area contributed by atoms with Crippen molar-refractivity contribution in [2.24, 2.45) is 5.92 Å². The molecule has 2 atom stereocenters. The van der Waals surface area contributed by atoms with Crippen molar-refractivity contribution in [1.29, 1.82) is 0 Å². The third-order valence-electron chi connectivity index (χ3n) is 7.65. The number of hydrogen-bond acceptors (Lipinski definition) is 8. The number of ether oxygens (including phenoxy) is 3. The monoisotopic (exact) mass is 558 g/mol. The normalized spacial score (nSPS) is 18.9. The van der Waals surface area contributed by atoms with Crippen LogP contribution in [0.15, 0.2) is 39.9 Å². The molecule has 0 spiro atoms. The van der Waals surface area contributed by atoms with Crippen LogP contribution in [0.4, 0.5) is 0 Å². The Morgan fingerprint density at radius 2 is 1.97 bits per heavy atom. The summed E-state index contributed by atoms with van der Waals surface area (Å²) in [6.07, 6.45) is 2.73. The molecule has 2 aliphatic heterocycles. The fourth-order valence-corrected chi connectivity index (χ4v) is 6.87. The van der Waals surface area contributed by atoms with Gasteiger partial charge in [-0.05, 0) is 56.5 Å². The van der Waals surface area contributed by atoms with Gasteiger partial charge in [0, 0.05) is 36.0 Å². The smallest absolute Gasteiger partial charge is 0.328 e. The van der Waals surface area contributed by atoms with Crippen molar-refractivity contribution in [3.05, 3.63) is 56.7 Å². The number of nitrogens with zero attached hydrogens (tertiary/aromatic N) is 3. The molecule has 0 radical (unpaired) electrons. The lowest BCUT2D eigenvalue weighted by atomic mass is 9.78. The Balaban J connectivity index is 0.00000294. The molecule has 1 aromatic carbocycles. The van der Waals surface area contributed by atoms with Crippen molar-refractivity contribution in [2.75, 3.05) is 40.5 Å². The van der Waals surface area contributed by atoms with Gasteiger partial charge < -0.3 is 24.1 Å². The number of hydrogen-bond donors (Lipinski definition) is 1. The maximum Gasteiger partial charge on any atom is 0.328 e. The van der Waals surface area contributed by atoms with E-state index in [9.17, 15) is 9.59 Å². The largest absolute Gasteiger partial charge is 0.496 e. The van der Waals surface area contributed by atoms with Crippen molar-refractivity contribution in [3.63, 3.8) is 0 Å². The molecule has 202 valence electrons. The molecular weight excluding hydrogens is 528 g/mol. The second-order valence-corrected chi connectivity index (χ2v) is 10.7. The number of rotatable bonds is 7. The molecule has 1 saturated heterocycles. The van der Waals surface area contributed by atoms with E-state index in [0.717, 1.165) is 62.4 Å². The van der Waals surface area contributed by atoms with Crippen molar-refractivity contribution in [3.8, 4) is 17.4 Å². The van der Waals surface area contributed by atoms with Gasteiger partial charge in [-0.25, -0.2) is 9.78 Å². The lowest BCUT2D eigenvalue weighted by Gasteiger charge is -2.42. The second-order valence-electron chi connectivity index (χ2n) is 9.75. The lowest BCUT2D eigenvalue weighted by Crippen LogP contribution is -2.44. The number of piperidine rings is 1. The number of halogens is 1. The molecule has 0 unspecified atom stereocenters. The van der Waals surface area contributed by atoms with Gasteiger partial charge in [0.05, 0.1) is 26.3 Å². The first-order valence-electron chi connectivity index (χ1n) is 12.7. The number of thiophene rings is 1. The molecule has 0 bridgehead atoms. The summed E-state index contributed by atoms with van der Waals surface area (Å²) in [4.78, 5) is 36.4. The number of aromatic amines is 1. The maximum absolute atomic E-state index is 13.1. The Morgan fingerprint density at radius 3 is 2.79 bits per heavy atom. The molecule has 6 rings (SSSR count). The quantitative estimate of drug-likeness (QED) is 0.342. The van der Waals surface area contributed by atoms with Gasteiger partial charge in [0.25, 0.3) is 5.56 Å². The number of fused-ring (bicyclic) bond motifs is 6. The van der Waals surface area contributed by atoms with Crippen LogP contribution in [0.1, 0.15) is 30.7 Å². The number of nitrogens with one attached hydrogen (secondary N) is 1. The summed E-state index contributed by atoms with van der Waals surface area (Å²) in [5, 5.41) is 0.762. The van der Waals surface area contributed by atoms with Gasteiger partial charge in [0.15, 0.2) is 0 Å². The highest BCUT2D eigenvalue weighted by Gasteiger charge is 2.37. The number of aromatic nitrogens is 3. The van der Waals surface area contributed by atoms with E-state index in [4.69, 9.17) is 14.2 Å². The Bertz CT molecular complexity index is 1570. The van der Waals surface area contributed by atoms with Gasteiger partial charge >= 0.3 is 5.69 Å². The third-order valence-corrected chi connectivity index (χ3v) is 8.74. The second kappa shape index (κ2) is 11.0. The van der Waals surface area contributed by atoms with Gasteiger partial charge in [-0.3, -0.25) is 9.36 Å². The Labute approximate surface area is 229 Å². The zero-order valence-corrected chi connectivity index (χ0v) is 23.0. The van der Waals surface area contributed by atoms with E-state index in [2.05, 4.69) is 14.9 Å². The fourth-order valence-electron chi connectivity index (χ4n) is 5.80. The number of unbranched alkanes of at least 4 members (excludes halogenated alkanes) is 1. The predicted octanol–water partition coefficient (Wildman–Crippen LogP) is 4.02. The predicted molar refractivity (Wildman–Crippen MR) is 151 cm³/mol. The molecule has 38 heavy (non-hydrogen) atoms. The summed E-state index contributed by atoms with van der Waals surface area (Å²) in [7, 11) is 3.27. The van der Waals surface area contributed by atoms with Gasteiger partial charge in [-0.15, -0.1) is 23.7 Å². The first-order chi connectivity index (χ1) is 18.1. The number of H-pyrrole nitrogens is 1. The zero-order chi connectivity index (χ0) is 25.5. The van der Waals surface area contributed by atoms with E-state index in [0.29, 0.717) is 39.3 Å². The minimum Gasteiger partial charge on any atom is -0.496 e. The van der Waals surface area contributed by atoms with E-state index >= 15 is 0 Å². The molecule has 0 saturated carbocycles. The van der Waals surface area contributed by atoms with Gasteiger partial charge in [-0.1, -0.05) is 6.07 Å². The molecule has 5 heterocycles. The van der Waals surface area contributed by atoms with Gasteiger partial charge in [0.1, 0.15) is 21.0 Å². The first-order valence-corrected chi connectivity index (χ1v) is 13.5. The van der Waals surface area contributed by atoms with E-state index in [1.54, 1.807) is 20.3 Å². The molecule has 3 aromatic heterocycles. The van der Waals surface area contributed by atoms with Crippen LogP contribution in [-0.2, 0) is 6.54 Å². The van der Waals surface area contributed by atoms with Gasteiger partial charge in [0.2, 0.25) is 5.88 Å². The molecule has 2 aliphatic rings. The fraction of sp³-hybridized carbons (Fsp3) is 0.444. The topological polar surface area (TPSA) is 98.7 Å². The summed E-state index contributed by atoms with van der Waals surface area (Å²) in [5.41, 5.74) is 1.14. The highest BCUT2D eigenvalue weighted by molar-refractivity contribution is 7.25. The van der Waals surface area contributed by atoms with Gasteiger partial charge in [-0.2, -0.15) is 0 Å². The highest BCUT2D eigenvalue weighted by atomic mass is 35.5. The standard InChI is InChI=1S/C27H30N4O5S.ClH/c1-34-19-6-5-7-20-22(19)17-10-13-30(14-16(17)15-36-20)11-3-4-12-31-26(32)24-23(29-27(31)33)18-8-9-21(35-2)28-25(18)37-24;/h5-9,16-17H,3-4,10-15H2,1-2H3,(H,29,33);1H/t16-,17+;/m0./s1. The maximum atomic E-state index is 13.1. The summed E-state index contributed by atoms with van der Waals surface area (Å²) >= 11 is 1.29. The van der Waals surface area contributed by atoms with Crippen molar-refractivity contribution >= 4 is 44.2 Å². The minimum atomic E-state index is -0.374. The highest BCUT2D eigenvalue weighted by Crippen LogP contribution is 2.46. The average molecular weight is 559 g/mol. The van der Waals surface area contributed by atoms with Crippen LogP contribution in [-0.4, -0.2) is 59.9 Å². The van der Waals surface area contributed by atoms with Crippen LogP contribution in [0.25, 0.3) is 20.4 Å². The Morgan fingerprint density at radius 1 is 1.13 bits per heavy atom. The summed E-state index contributed by atoms with van der Waals surface area (Å²) in [5.74, 6) is 3.24. The van der Waals surface area contributed by atoms with E-state index in [1.165, 1.54) is 21.5 Å². The number of likely N-dealkylation sites (tertiary alicyclic amines) is 1. The van der Waals surface area contributed by atoms with Crippen molar-refractivity contribution in [1.82, 2.24) is 19.4 Å². The number of methoxy groups -OCH3 is 2. The van der Waals surface area contributed by atoms with E-state index in [-0.39, 0.29) is 23.7 Å². The van der Waals surface area contributed by atoms with E-state index < -0.39 is 0 Å². The molecular formula is C27H31ClN4O5S. The average Bonchev–Trinajstić information content (AvgIpc) is 3.29. The molecule has 0 amide bonds. The minimum absolute atomic E-state index is 0. The number of benzene rings is 1.